The van der Waals surface area contributed by atoms with Gasteiger partial charge in [0.05, 0.1) is 13.7 Å². The number of methoxy groups -OCH3 is 1. The van der Waals surface area contributed by atoms with E-state index in [1.54, 1.807) is 0 Å². The van der Waals surface area contributed by atoms with Crippen LogP contribution < -0.4 is 5.32 Å². The van der Waals surface area contributed by atoms with E-state index in [1.807, 2.05) is 0 Å². The van der Waals surface area contributed by atoms with Gasteiger partial charge in [0, 0.05) is 45.7 Å². The molecule has 1 aliphatic rings. The molecule has 0 atom stereocenters. The van der Waals surface area contributed by atoms with Crippen LogP contribution in [-0.2, 0) is 20.9 Å². The molecule has 1 aliphatic heterocycles. The smallest absolute Gasteiger partial charge is 0.305 e. The molecular weight excluding hydrogens is 354 g/mol. The lowest BCUT2D eigenvalue weighted by Gasteiger charge is -2.34. The summed E-state index contributed by atoms with van der Waals surface area (Å²) in [5.41, 5.74) is 1.36. The first-order valence-corrected chi connectivity index (χ1v) is 9.90. The van der Waals surface area contributed by atoms with Crippen molar-refractivity contribution < 1.29 is 14.3 Å². The second-order valence-electron chi connectivity index (χ2n) is 7.22. The van der Waals surface area contributed by atoms with E-state index in [2.05, 4.69) is 62.3 Å². The summed E-state index contributed by atoms with van der Waals surface area (Å²) >= 11 is 0. The van der Waals surface area contributed by atoms with Crippen LogP contribution in [0.25, 0.3) is 10.8 Å². The third-order valence-electron chi connectivity index (χ3n) is 5.21. The number of fused-ring (bicyclic) bond motifs is 1. The standard InChI is InChI=1S/C22H29N3O3/c1-28-22(27)10-5-11-23-21(26)17-25-14-12-24(13-15-25)16-19-8-4-7-18-6-2-3-9-20(18)19/h2-4,6-9H,5,10-17H2,1H3,(H,23,26). The average molecular weight is 383 g/mol. The third kappa shape index (κ3) is 5.78. The van der Waals surface area contributed by atoms with Crippen LogP contribution in [0.5, 0.6) is 0 Å². The lowest BCUT2D eigenvalue weighted by atomic mass is 10.0. The highest BCUT2D eigenvalue weighted by Gasteiger charge is 2.19. The summed E-state index contributed by atoms with van der Waals surface area (Å²) in [5.74, 6) is -0.219. The predicted octanol–water partition coefficient (Wildman–Crippen LogP) is 2.03. The van der Waals surface area contributed by atoms with Crippen molar-refractivity contribution in [2.75, 3.05) is 46.4 Å². The van der Waals surface area contributed by atoms with Gasteiger partial charge in [-0.2, -0.15) is 0 Å². The Morgan fingerprint density at radius 2 is 1.71 bits per heavy atom. The van der Waals surface area contributed by atoms with Crippen molar-refractivity contribution in [2.24, 2.45) is 0 Å². The SMILES string of the molecule is COC(=O)CCCNC(=O)CN1CCN(Cc2cccc3ccccc23)CC1. The molecule has 2 aromatic rings. The van der Waals surface area contributed by atoms with E-state index in [0.717, 1.165) is 32.7 Å². The zero-order valence-electron chi connectivity index (χ0n) is 16.5. The minimum absolute atomic E-state index is 0.0207. The van der Waals surface area contributed by atoms with Gasteiger partial charge in [0.25, 0.3) is 0 Å². The van der Waals surface area contributed by atoms with Crippen LogP contribution in [0.15, 0.2) is 42.5 Å². The van der Waals surface area contributed by atoms with Crippen LogP contribution >= 0.6 is 0 Å². The normalized spacial score (nSPS) is 15.5. The van der Waals surface area contributed by atoms with E-state index in [1.165, 1.54) is 23.4 Å². The number of nitrogens with zero attached hydrogens (tertiary/aromatic N) is 2. The van der Waals surface area contributed by atoms with Crippen LogP contribution in [0.1, 0.15) is 18.4 Å². The molecule has 1 heterocycles. The summed E-state index contributed by atoms with van der Waals surface area (Å²) in [6.45, 7) is 5.56. The van der Waals surface area contributed by atoms with Gasteiger partial charge in [-0.3, -0.25) is 19.4 Å². The van der Waals surface area contributed by atoms with Gasteiger partial charge in [0.2, 0.25) is 5.91 Å². The fraction of sp³-hybridized carbons (Fsp3) is 0.455. The number of ether oxygens (including phenoxy) is 1. The Labute approximate surface area is 166 Å². The Kier molecular flexibility index (Phi) is 7.39. The largest absolute Gasteiger partial charge is 0.469 e. The Balaban J connectivity index is 1.39. The molecular formula is C22H29N3O3. The van der Waals surface area contributed by atoms with Crippen molar-refractivity contribution in [3.05, 3.63) is 48.0 Å². The Morgan fingerprint density at radius 1 is 1.00 bits per heavy atom. The molecule has 0 radical (unpaired) electrons. The first-order chi connectivity index (χ1) is 13.7. The van der Waals surface area contributed by atoms with Crippen molar-refractivity contribution in [3.63, 3.8) is 0 Å². The summed E-state index contributed by atoms with van der Waals surface area (Å²) in [6.07, 6.45) is 0.945. The van der Waals surface area contributed by atoms with E-state index in [-0.39, 0.29) is 11.9 Å². The minimum atomic E-state index is -0.239. The maximum atomic E-state index is 12.1. The molecule has 6 nitrogen and oxygen atoms in total. The molecule has 0 saturated carbocycles. The fourth-order valence-electron chi connectivity index (χ4n) is 3.60. The molecule has 1 saturated heterocycles. The molecule has 0 bridgehead atoms. The number of hydrogen-bond acceptors (Lipinski definition) is 5. The topological polar surface area (TPSA) is 61.9 Å². The zero-order valence-corrected chi connectivity index (χ0v) is 16.5. The summed E-state index contributed by atoms with van der Waals surface area (Å²) in [7, 11) is 1.38. The molecule has 150 valence electrons. The van der Waals surface area contributed by atoms with Gasteiger partial charge in [-0.1, -0.05) is 42.5 Å². The second kappa shape index (κ2) is 10.2. The molecule has 0 unspecified atom stereocenters. The number of piperazine rings is 1. The van der Waals surface area contributed by atoms with Crippen LogP contribution in [0.4, 0.5) is 0 Å². The molecule has 6 heteroatoms. The number of benzene rings is 2. The van der Waals surface area contributed by atoms with Crippen molar-refractivity contribution in [3.8, 4) is 0 Å². The molecule has 2 aromatic carbocycles. The molecule has 1 amide bonds. The lowest BCUT2D eigenvalue weighted by Crippen LogP contribution is -2.49. The number of esters is 1. The van der Waals surface area contributed by atoms with Crippen molar-refractivity contribution >= 4 is 22.6 Å². The maximum absolute atomic E-state index is 12.1. The van der Waals surface area contributed by atoms with Gasteiger partial charge >= 0.3 is 5.97 Å². The van der Waals surface area contributed by atoms with Gasteiger partial charge in [-0.15, -0.1) is 0 Å². The van der Waals surface area contributed by atoms with Crippen LogP contribution in [0.3, 0.4) is 0 Å². The Bertz CT molecular complexity index is 795. The molecule has 0 aliphatic carbocycles. The first kappa shape index (κ1) is 20.3. The highest BCUT2D eigenvalue weighted by atomic mass is 16.5. The summed E-state index contributed by atoms with van der Waals surface area (Å²) in [4.78, 5) is 27.8. The summed E-state index contributed by atoms with van der Waals surface area (Å²) < 4.78 is 4.59. The highest BCUT2D eigenvalue weighted by molar-refractivity contribution is 5.85. The molecule has 0 aromatic heterocycles. The van der Waals surface area contributed by atoms with E-state index in [0.29, 0.717) is 25.9 Å². The highest BCUT2D eigenvalue weighted by Crippen LogP contribution is 2.20. The van der Waals surface area contributed by atoms with Crippen LogP contribution in [0, 0.1) is 0 Å². The molecule has 1 fully saturated rings. The predicted molar refractivity (Wildman–Crippen MR) is 110 cm³/mol. The van der Waals surface area contributed by atoms with Crippen molar-refractivity contribution in [2.45, 2.75) is 19.4 Å². The Morgan fingerprint density at radius 3 is 2.50 bits per heavy atom. The number of hydrogen-bond donors (Lipinski definition) is 1. The first-order valence-electron chi connectivity index (χ1n) is 9.90. The van der Waals surface area contributed by atoms with Gasteiger partial charge in [0.15, 0.2) is 0 Å². The van der Waals surface area contributed by atoms with Gasteiger partial charge < -0.3 is 10.1 Å². The number of carbonyl (C=O) groups excluding carboxylic acids is 2. The third-order valence-corrected chi connectivity index (χ3v) is 5.21. The Hall–Kier alpha value is -2.44. The lowest BCUT2D eigenvalue weighted by molar-refractivity contribution is -0.140. The molecule has 28 heavy (non-hydrogen) atoms. The van der Waals surface area contributed by atoms with Crippen LogP contribution in [-0.4, -0.2) is 68.1 Å². The number of nitrogens with one attached hydrogen (secondary N) is 1. The second-order valence-corrected chi connectivity index (χ2v) is 7.22. The quantitative estimate of drug-likeness (QED) is 0.558. The van der Waals surface area contributed by atoms with Gasteiger partial charge in [-0.05, 0) is 22.8 Å². The van der Waals surface area contributed by atoms with Gasteiger partial charge in [-0.25, -0.2) is 0 Å². The molecule has 3 rings (SSSR count). The van der Waals surface area contributed by atoms with Crippen LogP contribution in [0.2, 0.25) is 0 Å². The fourth-order valence-corrected chi connectivity index (χ4v) is 3.60. The molecule has 1 N–H and O–H groups in total. The van der Waals surface area contributed by atoms with E-state index in [4.69, 9.17) is 0 Å². The van der Waals surface area contributed by atoms with E-state index < -0.39 is 0 Å². The van der Waals surface area contributed by atoms with Gasteiger partial charge in [0.1, 0.15) is 0 Å². The van der Waals surface area contributed by atoms with Crippen molar-refractivity contribution in [1.82, 2.24) is 15.1 Å². The van der Waals surface area contributed by atoms with Crippen molar-refractivity contribution in [1.29, 1.82) is 0 Å². The zero-order chi connectivity index (χ0) is 19.8. The number of rotatable bonds is 8. The minimum Gasteiger partial charge on any atom is -0.469 e. The monoisotopic (exact) mass is 383 g/mol. The maximum Gasteiger partial charge on any atom is 0.305 e. The average Bonchev–Trinajstić information content (AvgIpc) is 2.72. The number of amides is 1. The van der Waals surface area contributed by atoms with E-state index >= 15 is 0 Å². The summed E-state index contributed by atoms with van der Waals surface area (Å²) in [5, 5.41) is 5.48. The number of carbonyl (C=O) groups is 2. The molecule has 0 spiro atoms. The van der Waals surface area contributed by atoms with E-state index in [9.17, 15) is 9.59 Å². The summed E-state index contributed by atoms with van der Waals surface area (Å²) in [6, 6.07) is 15.0.